The maximum absolute atomic E-state index is 14.8. The first kappa shape index (κ1) is 37.7. The van der Waals surface area contributed by atoms with Crippen LogP contribution in [0.15, 0.2) is 77.7 Å². The van der Waals surface area contributed by atoms with Crippen LogP contribution in [0.2, 0.25) is 0 Å². The summed E-state index contributed by atoms with van der Waals surface area (Å²) < 4.78 is 6.37. The van der Waals surface area contributed by atoms with Crippen LogP contribution in [-0.4, -0.2) is 88.1 Å². The highest BCUT2D eigenvalue weighted by molar-refractivity contribution is 7.59. The van der Waals surface area contributed by atoms with Gasteiger partial charge in [-0.25, -0.2) is 4.79 Å². The van der Waals surface area contributed by atoms with Crippen molar-refractivity contribution in [3.8, 4) is 0 Å². The van der Waals surface area contributed by atoms with Crippen molar-refractivity contribution in [1.82, 2.24) is 19.7 Å². The lowest BCUT2D eigenvalue weighted by Crippen LogP contribution is -2.54. The van der Waals surface area contributed by atoms with Crippen LogP contribution in [0.1, 0.15) is 65.1 Å². The Morgan fingerprint density at radius 1 is 0.918 bits per heavy atom. The summed E-state index contributed by atoms with van der Waals surface area (Å²) in [5.74, 6) is -1.79. The summed E-state index contributed by atoms with van der Waals surface area (Å²) in [5, 5.41) is 13.5. The van der Waals surface area contributed by atoms with E-state index in [1.54, 1.807) is 19.3 Å². The smallest absolute Gasteiger partial charge is 0.328 e. The number of aliphatic hydroxyl groups is 1. The van der Waals surface area contributed by atoms with E-state index in [-0.39, 0.29) is 68.9 Å². The van der Waals surface area contributed by atoms with Gasteiger partial charge < -0.3 is 29.5 Å². The fraction of sp³-hybridized carbons (Fsp3) is 0.417. The number of piperidine rings is 1. The molecule has 0 saturated carbocycles. The number of aliphatic hydroxyl groups excluding tert-OH is 1. The van der Waals surface area contributed by atoms with Gasteiger partial charge in [0.15, 0.2) is 0 Å². The number of nitrogens with zero attached hydrogens (tertiary/aromatic N) is 3. The molecule has 49 heavy (non-hydrogen) atoms. The molecule has 262 valence electrons. The Bertz CT molecular complexity index is 1740. The van der Waals surface area contributed by atoms with Gasteiger partial charge in [-0.1, -0.05) is 54.6 Å². The molecule has 2 aromatic carbocycles. The number of carbonyl (C=O) groups excluding carboxylic acids is 4. The second-order valence-corrected chi connectivity index (χ2v) is 12.7. The first-order chi connectivity index (χ1) is 22.6. The van der Waals surface area contributed by atoms with Crippen molar-refractivity contribution < 1.29 is 29.0 Å². The lowest BCUT2D eigenvalue weighted by Gasteiger charge is -2.44. The Morgan fingerprint density at radius 2 is 1.59 bits per heavy atom. The molecule has 11 nitrogen and oxygen atoms in total. The molecule has 2 saturated heterocycles. The summed E-state index contributed by atoms with van der Waals surface area (Å²) in [6, 6.07) is 19.1. The van der Waals surface area contributed by atoms with E-state index in [0.717, 1.165) is 16.7 Å². The third-order valence-corrected chi connectivity index (χ3v) is 10.1. The van der Waals surface area contributed by atoms with Gasteiger partial charge in [0.1, 0.15) is 11.6 Å². The molecule has 0 radical (unpaired) electrons. The van der Waals surface area contributed by atoms with E-state index in [1.807, 2.05) is 59.5 Å². The largest absolute Gasteiger partial charge is 0.467 e. The molecule has 13 heteroatoms. The van der Waals surface area contributed by atoms with E-state index in [1.165, 1.54) is 22.6 Å². The minimum absolute atomic E-state index is 0. The van der Waals surface area contributed by atoms with Crippen molar-refractivity contribution in [3.63, 3.8) is 0 Å². The summed E-state index contributed by atoms with van der Waals surface area (Å²) >= 11 is 0. The zero-order valence-corrected chi connectivity index (χ0v) is 29.6. The van der Waals surface area contributed by atoms with Crippen LogP contribution in [0, 0.1) is 0 Å². The van der Waals surface area contributed by atoms with Crippen LogP contribution in [0.3, 0.4) is 0 Å². The van der Waals surface area contributed by atoms with Crippen LogP contribution >= 0.6 is 27.0 Å². The minimum atomic E-state index is -1.17. The summed E-state index contributed by atoms with van der Waals surface area (Å²) in [7, 11) is 2.87. The summed E-state index contributed by atoms with van der Waals surface area (Å²) in [6.07, 6.45) is 2.70. The van der Waals surface area contributed by atoms with Crippen LogP contribution in [0.25, 0.3) is 0 Å². The molecular formula is C36H44N4O7S2. The highest BCUT2D eigenvalue weighted by Crippen LogP contribution is 2.49. The van der Waals surface area contributed by atoms with Gasteiger partial charge in [0, 0.05) is 45.3 Å². The molecule has 0 bridgehead atoms. The SMILES string of the molecule is COC(=O)[C@@H]1C[C@@H](O)CN1C(=O)[C@@]1(c2ccccc2)CC[C@H](C(=O)N2CCC(NC(=O)c3cccn(C)c3=O)CC2)c2ccccc21.S.S. The van der Waals surface area contributed by atoms with Crippen LogP contribution in [-0.2, 0) is 31.6 Å². The fourth-order valence-corrected chi connectivity index (χ4v) is 7.61. The number of methoxy groups -OCH3 is 1. The summed E-state index contributed by atoms with van der Waals surface area (Å²) in [4.78, 5) is 70.1. The average Bonchev–Trinajstić information content (AvgIpc) is 3.50. The number of likely N-dealkylation sites (tertiary alicyclic amines) is 2. The number of rotatable bonds is 6. The molecular weight excluding hydrogens is 665 g/mol. The van der Waals surface area contributed by atoms with E-state index in [0.29, 0.717) is 38.8 Å². The molecule has 3 amide bonds. The molecule has 3 aromatic rings. The van der Waals surface area contributed by atoms with Gasteiger partial charge >= 0.3 is 5.97 Å². The maximum Gasteiger partial charge on any atom is 0.328 e. The molecule has 4 atom stereocenters. The predicted molar refractivity (Wildman–Crippen MR) is 193 cm³/mol. The van der Waals surface area contributed by atoms with E-state index >= 15 is 0 Å². The van der Waals surface area contributed by atoms with E-state index in [2.05, 4.69) is 5.32 Å². The van der Waals surface area contributed by atoms with Gasteiger partial charge in [-0.15, -0.1) is 0 Å². The number of pyridine rings is 1. The van der Waals surface area contributed by atoms with Gasteiger partial charge in [0.25, 0.3) is 11.5 Å². The molecule has 3 heterocycles. The molecule has 2 aliphatic heterocycles. The Labute approximate surface area is 299 Å². The zero-order valence-electron chi connectivity index (χ0n) is 27.6. The normalized spacial score (nSPS) is 23.4. The molecule has 2 fully saturated rings. The monoisotopic (exact) mass is 708 g/mol. The number of fused-ring (bicyclic) bond motifs is 1. The second kappa shape index (κ2) is 15.6. The predicted octanol–water partition coefficient (Wildman–Crippen LogP) is 2.33. The number of benzene rings is 2. The number of β-amino-alcohol motifs (C(OH)–C–C–N with tert-alkyl or cyclic N) is 1. The first-order valence-corrected chi connectivity index (χ1v) is 16.1. The van der Waals surface area contributed by atoms with Crippen molar-refractivity contribution in [2.24, 2.45) is 7.05 Å². The maximum atomic E-state index is 14.8. The van der Waals surface area contributed by atoms with Gasteiger partial charge in [0.2, 0.25) is 11.8 Å². The third kappa shape index (κ3) is 7.01. The van der Waals surface area contributed by atoms with Crippen LogP contribution in [0.4, 0.5) is 0 Å². The molecule has 1 aromatic heterocycles. The number of nitrogens with one attached hydrogen (secondary N) is 1. The van der Waals surface area contributed by atoms with E-state index in [4.69, 9.17) is 4.74 Å². The highest BCUT2D eigenvalue weighted by atomic mass is 32.1. The fourth-order valence-electron chi connectivity index (χ4n) is 7.61. The molecule has 0 unspecified atom stereocenters. The average molecular weight is 709 g/mol. The molecule has 6 rings (SSSR count). The number of esters is 1. The number of aromatic nitrogens is 1. The van der Waals surface area contributed by atoms with Gasteiger partial charge in [-0.05, 0) is 54.5 Å². The van der Waals surface area contributed by atoms with E-state index < -0.39 is 35.4 Å². The molecule has 0 spiro atoms. The summed E-state index contributed by atoms with van der Waals surface area (Å²) in [6.45, 7) is 0.914. The lowest BCUT2D eigenvalue weighted by molar-refractivity contribution is -0.152. The van der Waals surface area contributed by atoms with Crippen LogP contribution in [0.5, 0.6) is 0 Å². The number of amides is 3. The topological polar surface area (TPSA) is 138 Å². The van der Waals surface area contributed by atoms with Crippen LogP contribution < -0.4 is 10.9 Å². The number of hydrogen-bond acceptors (Lipinski definition) is 7. The van der Waals surface area contributed by atoms with Gasteiger partial charge in [-0.3, -0.25) is 19.2 Å². The van der Waals surface area contributed by atoms with Gasteiger partial charge in [-0.2, -0.15) is 27.0 Å². The second-order valence-electron chi connectivity index (χ2n) is 12.7. The number of carbonyl (C=O) groups is 4. The minimum Gasteiger partial charge on any atom is -0.467 e. The highest BCUT2D eigenvalue weighted by Gasteiger charge is 2.53. The van der Waals surface area contributed by atoms with Crippen molar-refractivity contribution in [1.29, 1.82) is 0 Å². The first-order valence-electron chi connectivity index (χ1n) is 16.1. The standard InChI is InChI=1S/C36H40N4O7.2H2S/c1-38-18-8-12-28(32(38)43)31(42)37-24-15-19-39(20-16-24)33(44)27-14-17-36(23-9-4-3-5-10-23,29-13-7-6-11-26(27)29)35(46)40-22-25(41)21-30(40)34(45)47-2;;/h3-13,18,24-25,27,30,41H,14-17,19-22H2,1-2H3,(H,37,42);2*1H2/t25-,27+,30+,36-;;/m1../s1. The third-order valence-electron chi connectivity index (χ3n) is 10.1. The molecule has 2 N–H and O–H groups in total. The molecule has 3 aliphatic rings. The van der Waals surface area contributed by atoms with Gasteiger partial charge in [0.05, 0.1) is 24.5 Å². The van der Waals surface area contributed by atoms with Crippen molar-refractivity contribution in [3.05, 3.63) is 106 Å². The molecule has 1 aliphatic carbocycles. The van der Waals surface area contributed by atoms with E-state index in [9.17, 15) is 29.1 Å². The summed E-state index contributed by atoms with van der Waals surface area (Å²) in [5.41, 5.74) is 0.809. The van der Waals surface area contributed by atoms with Crippen molar-refractivity contribution in [2.75, 3.05) is 26.7 Å². The Kier molecular flexibility index (Phi) is 12.1. The Hall–Kier alpha value is -4.07. The number of ether oxygens (including phenoxy) is 1. The zero-order chi connectivity index (χ0) is 33.3. The Morgan fingerprint density at radius 3 is 2.29 bits per heavy atom. The lowest BCUT2D eigenvalue weighted by atomic mass is 9.62. The number of hydrogen-bond donors (Lipinski definition) is 2. The van der Waals surface area contributed by atoms with Crippen molar-refractivity contribution in [2.45, 2.75) is 61.6 Å². The van der Waals surface area contributed by atoms with Crippen molar-refractivity contribution >= 4 is 50.7 Å². The number of aryl methyl sites for hydroxylation is 1. The quantitative estimate of drug-likeness (QED) is 0.375. The Balaban J connectivity index is 0.00000270.